The molecule has 1 heterocycles. The van der Waals surface area contributed by atoms with Crippen molar-refractivity contribution in [1.29, 1.82) is 0 Å². The first-order chi connectivity index (χ1) is 15.6. The van der Waals surface area contributed by atoms with Crippen molar-refractivity contribution in [3.8, 4) is 16.9 Å². The Morgan fingerprint density at radius 3 is 2.36 bits per heavy atom. The molecule has 1 aromatic heterocycles. The lowest BCUT2D eigenvalue weighted by atomic mass is 9.96. The minimum atomic E-state index is -0.433. The molecule has 2 amide bonds. The molecule has 0 aliphatic carbocycles. The lowest BCUT2D eigenvalue weighted by Crippen LogP contribution is -2.35. The number of benzene rings is 2. The van der Waals surface area contributed by atoms with Gasteiger partial charge in [0.2, 0.25) is 11.8 Å². The number of hydrogen-bond acceptors (Lipinski definition) is 3. The molecule has 174 valence electrons. The first-order valence-electron chi connectivity index (χ1n) is 11.1. The molecular formula is C26H31ClN4O2. The zero-order valence-electron chi connectivity index (χ0n) is 19.6. The highest BCUT2D eigenvalue weighted by molar-refractivity contribution is 6.30. The summed E-state index contributed by atoms with van der Waals surface area (Å²) in [6.07, 6.45) is 2.93. The number of amides is 2. The van der Waals surface area contributed by atoms with Gasteiger partial charge in [0, 0.05) is 54.3 Å². The second-order valence-electron chi connectivity index (χ2n) is 9.15. The molecule has 33 heavy (non-hydrogen) atoms. The molecule has 0 spiro atoms. The summed E-state index contributed by atoms with van der Waals surface area (Å²) in [6, 6.07) is 17.4. The van der Waals surface area contributed by atoms with Crippen LogP contribution >= 0.6 is 11.6 Å². The highest BCUT2D eigenvalue weighted by Gasteiger charge is 2.21. The number of aromatic nitrogens is 2. The lowest BCUT2D eigenvalue weighted by Gasteiger charge is -2.19. The first-order valence-corrected chi connectivity index (χ1v) is 11.4. The van der Waals surface area contributed by atoms with E-state index in [0.717, 1.165) is 22.5 Å². The fourth-order valence-electron chi connectivity index (χ4n) is 3.33. The van der Waals surface area contributed by atoms with Gasteiger partial charge in [0.25, 0.3) is 0 Å². The van der Waals surface area contributed by atoms with E-state index in [9.17, 15) is 9.59 Å². The van der Waals surface area contributed by atoms with Gasteiger partial charge in [-0.2, -0.15) is 5.10 Å². The maximum atomic E-state index is 12.7. The molecule has 1 N–H and O–H groups in total. The van der Waals surface area contributed by atoms with Gasteiger partial charge in [0.05, 0.1) is 11.4 Å². The van der Waals surface area contributed by atoms with E-state index >= 15 is 0 Å². The van der Waals surface area contributed by atoms with Crippen LogP contribution in [-0.4, -0.2) is 40.1 Å². The van der Waals surface area contributed by atoms with E-state index in [0.29, 0.717) is 31.0 Å². The Balaban J connectivity index is 1.70. The maximum Gasteiger partial charge on any atom is 0.225 e. The SMILES string of the molecule is CN(Cc1cn(-c2ccccc2)nc1-c1ccc(Cl)cc1)C(=O)CCCNC(=O)C(C)(C)C. The summed E-state index contributed by atoms with van der Waals surface area (Å²) in [5.74, 6) is 0.0127. The Kier molecular flexibility index (Phi) is 7.92. The molecule has 0 saturated carbocycles. The number of nitrogens with zero attached hydrogens (tertiary/aromatic N) is 3. The molecule has 0 atom stereocenters. The molecule has 3 rings (SSSR count). The maximum absolute atomic E-state index is 12.7. The van der Waals surface area contributed by atoms with Crippen molar-refractivity contribution in [3.05, 3.63) is 71.4 Å². The second kappa shape index (κ2) is 10.7. The van der Waals surface area contributed by atoms with E-state index in [1.165, 1.54) is 0 Å². The number of carbonyl (C=O) groups is 2. The van der Waals surface area contributed by atoms with Gasteiger partial charge in [-0.15, -0.1) is 0 Å². The van der Waals surface area contributed by atoms with E-state index in [4.69, 9.17) is 16.7 Å². The van der Waals surface area contributed by atoms with E-state index in [-0.39, 0.29) is 11.8 Å². The van der Waals surface area contributed by atoms with Gasteiger partial charge in [-0.25, -0.2) is 4.68 Å². The molecule has 0 unspecified atom stereocenters. The van der Waals surface area contributed by atoms with E-state index in [2.05, 4.69) is 5.32 Å². The number of para-hydroxylation sites is 1. The van der Waals surface area contributed by atoms with Crippen LogP contribution in [0.3, 0.4) is 0 Å². The fourth-order valence-corrected chi connectivity index (χ4v) is 3.46. The van der Waals surface area contributed by atoms with Crippen molar-refractivity contribution >= 4 is 23.4 Å². The summed E-state index contributed by atoms with van der Waals surface area (Å²) < 4.78 is 1.83. The largest absolute Gasteiger partial charge is 0.356 e. The minimum absolute atomic E-state index is 0.00997. The van der Waals surface area contributed by atoms with Gasteiger partial charge in [0.15, 0.2) is 0 Å². The van der Waals surface area contributed by atoms with Crippen LogP contribution in [0, 0.1) is 5.41 Å². The topological polar surface area (TPSA) is 67.2 Å². The summed E-state index contributed by atoms with van der Waals surface area (Å²) in [5.41, 5.74) is 3.21. The van der Waals surface area contributed by atoms with Crippen molar-refractivity contribution in [2.24, 2.45) is 5.41 Å². The Hall–Kier alpha value is -3.12. The van der Waals surface area contributed by atoms with Gasteiger partial charge in [-0.05, 0) is 30.7 Å². The van der Waals surface area contributed by atoms with Crippen LogP contribution < -0.4 is 5.32 Å². The number of halogens is 1. The molecule has 3 aromatic rings. The van der Waals surface area contributed by atoms with Gasteiger partial charge >= 0.3 is 0 Å². The number of nitrogens with one attached hydrogen (secondary N) is 1. The second-order valence-corrected chi connectivity index (χ2v) is 9.59. The third-order valence-electron chi connectivity index (χ3n) is 5.30. The van der Waals surface area contributed by atoms with Gasteiger partial charge in [-0.1, -0.05) is 62.7 Å². The molecule has 7 heteroatoms. The standard InChI is InChI=1S/C26H31ClN4O2/c1-26(2,3)25(33)28-16-8-11-23(32)30(4)17-20-18-31(22-9-6-5-7-10-22)29-24(20)19-12-14-21(27)15-13-19/h5-7,9-10,12-15,18H,8,11,16-17H2,1-4H3,(H,28,33). The molecule has 0 aliphatic heterocycles. The Labute approximate surface area is 200 Å². The number of rotatable bonds is 8. The van der Waals surface area contributed by atoms with Crippen LogP contribution in [-0.2, 0) is 16.1 Å². The number of hydrogen-bond donors (Lipinski definition) is 1. The van der Waals surface area contributed by atoms with Crippen molar-refractivity contribution in [3.63, 3.8) is 0 Å². The Bertz CT molecular complexity index is 1090. The van der Waals surface area contributed by atoms with Crippen LogP contribution in [0.25, 0.3) is 16.9 Å². The van der Waals surface area contributed by atoms with Gasteiger partial charge in [0.1, 0.15) is 0 Å². The zero-order valence-corrected chi connectivity index (χ0v) is 20.4. The third kappa shape index (κ3) is 6.68. The normalized spacial score (nSPS) is 11.3. The average molecular weight is 467 g/mol. The quantitative estimate of drug-likeness (QED) is 0.470. The summed E-state index contributed by atoms with van der Waals surface area (Å²) in [5, 5.41) is 8.35. The number of carbonyl (C=O) groups excluding carboxylic acids is 2. The molecule has 2 aromatic carbocycles. The minimum Gasteiger partial charge on any atom is -0.356 e. The van der Waals surface area contributed by atoms with Crippen LogP contribution in [0.4, 0.5) is 0 Å². The van der Waals surface area contributed by atoms with Crippen LogP contribution in [0.5, 0.6) is 0 Å². The highest BCUT2D eigenvalue weighted by Crippen LogP contribution is 2.26. The summed E-state index contributed by atoms with van der Waals surface area (Å²) in [4.78, 5) is 26.4. The van der Waals surface area contributed by atoms with E-state index < -0.39 is 5.41 Å². The molecule has 0 fully saturated rings. The summed E-state index contributed by atoms with van der Waals surface area (Å²) in [6.45, 7) is 6.52. The van der Waals surface area contributed by atoms with E-state index in [1.54, 1.807) is 11.9 Å². The van der Waals surface area contributed by atoms with Gasteiger partial charge < -0.3 is 10.2 Å². The zero-order chi connectivity index (χ0) is 24.0. The molecule has 0 bridgehead atoms. The van der Waals surface area contributed by atoms with Crippen LogP contribution in [0.15, 0.2) is 60.8 Å². The van der Waals surface area contributed by atoms with Crippen LogP contribution in [0.1, 0.15) is 39.2 Å². The summed E-state index contributed by atoms with van der Waals surface area (Å²) >= 11 is 6.07. The smallest absolute Gasteiger partial charge is 0.225 e. The van der Waals surface area contributed by atoms with Crippen molar-refractivity contribution < 1.29 is 9.59 Å². The predicted molar refractivity (Wildman–Crippen MR) is 132 cm³/mol. The molecule has 0 radical (unpaired) electrons. The average Bonchev–Trinajstić information content (AvgIpc) is 3.20. The highest BCUT2D eigenvalue weighted by atomic mass is 35.5. The molecule has 6 nitrogen and oxygen atoms in total. The molecule has 0 saturated heterocycles. The third-order valence-corrected chi connectivity index (χ3v) is 5.55. The Morgan fingerprint density at radius 1 is 1.06 bits per heavy atom. The van der Waals surface area contributed by atoms with Gasteiger partial charge in [-0.3, -0.25) is 9.59 Å². The predicted octanol–water partition coefficient (Wildman–Crippen LogP) is 5.09. The lowest BCUT2D eigenvalue weighted by molar-refractivity contribution is -0.131. The molecule has 0 aliphatic rings. The van der Waals surface area contributed by atoms with Crippen LogP contribution in [0.2, 0.25) is 5.02 Å². The van der Waals surface area contributed by atoms with E-state index in [1.807, 2.05) is 86.2 Å². The summed E-state index contributed by atoms with van der Waals surface area (Å²) in [7, 11) is 1.79. The van der Waals surface area contributed by atoms with Crippen molar-refractivity contribution in [1.82, 2.24) is 20.0 Å². The van der Waals surface area contributed by atoms with Crippen molar-refractivity contribution in [2.75, 3.05) is 13.6 Å². The Morgan fingerprint density at radius 2 is 1.73 bits per heavy atom. The first kappa shape index (κ1) is 24.5. The fraction of sp³-hybridized carbons (Fsp3) is 0.346. The van der Waals surface area contributed by atoms with Crippen molar-refractivity contribution in [2.45, 2.75) is 40.2 Å². The molecular weight excluding hydrogens is 436 g/mol. The monoisotopic (exact) mass is 466 g/mol.